The lowest BCUT2D eigenvalue weighted by Gasteiger charge is -2.23. The van der Waals surface area contributed by atoms with E-state index in [1.807, 2.05) is 13.8 Å². The molecule has 0 heterocycles. The summed E-state index contributed by atoms with van der Waals surface area (Å²) < 4.78 is 0. The molecule has 4 nitrogen and oxygen atoms in total. The lowest BCUT2D eigenvalue weighted by molar-refractivity contribution is -1.27. The van der Waals surface area contributed by atoms with Gasteiger partial charge in [0.2, 0.25) is 0 Å². The lowest BCUT2D eigenvalue weighted by atomic mass is 10.1. The van der Waals surface area contributed by atoms with E-state index in [1.165, 1.54) is 0 Å². The number of nitrogens with two attached hydrogens (primary N) is 1. The molecule has 0 saturated heterocycles. The molecule has 4 heteroatoms. The second-order valence-corrected chi connectivity index (χ2v) is 2.55. The van der Waals surface area contributed by atoms with Crippen LogP contribution in [0.2, 0.25) is 0 Å². The first-order chi connectivity index (χ1) is 4.52. The molecule has 0 aromatic rings. The van der Waals surface area contributed by atoms with E-state index in [-0.39, 0.29) is 6.04 Å². The quantitative estimate of drug-likeness (QED) is 0.318. The summed E-state index contributed by atoms with van der Waals surface area (Å²) >= 11 is 0. The first-order valence-electron chi connectivity index (χ1n) is 3.65. The topological polar surface area (TPSA) is 66.5 Å². The van der Waals surface area contributed by atoms with Crippen LogP contribution in [0.5, 0.6) is 0 Å². The molecule has 10 heavy (non-hydrogen) atoms. The van der Waals surface area contributed by atoms with Gasteiger partial charge in [-0.1, -0.05) is 20.3 Å². The maximum Gasteiger partial charge on any atom is 0.171 e. The molecule has 0 aliphatic carbocycles. The standard InChI is InChI=1S/C6H17N2O2/c1-3-5-6(4-2)8(7,9)10/h6,9-10H,3-5,7H2,1-2H3/q+1. The molecule has 1 unspecified atom stereocenters. The molecule has 1 atom stereocenters. The van der Waals surface area contributed by atoms with Gasteiger partial charge in [-0.05, 0) is 0 Å². The fourth-order valence-electron chi connectivity index (χ4n) is 0.996. The molecule has 0 fully saturated rings. The van der Waals surface area contributed by atoms with E-state index in [0.717, 1.165) is 12.8 Å². The average Bonchev–Trinajstić information content (AvgIpc) is 1.80. The third-order valence-electron chi connectivity index (χ3n) is 1.63. The number of hydrogen-bond acceptors (Lipinski definition) is 3. The van der Waals surface area contributed by atoms with Crippen molar-refractivity contribution in [2.75, 3.05) is 0 Å². The van der Waals surface area contributed by atoms with E-state index >= 15 is 0 Å². The van der Waals surface area contributed by atoms with Crippen molar-refractivity contribution in [3.63, 3.8) is 0 Å². The van der Waals surface area contributed by atoms with Gasteiger partial charge in [-0.2, -0.15) is 10.4 Å². The van der Waals surface area contributed by atoms with Crippen molar-refractivity contribution < 1.29 is 15.3 Å². The van der Waals surface area contributed by atoms with Gasteiger partial charge in [0.15, 0.2) is 6.04 Å². The summed E-state index contributed by atoms with van der Waals surface area (Å²) in [4.78, 5) is -1.38. The zero-order chi connectivity index (χ0) is 8.20. The van der Waals surface area contributed by atoms with Crippen LogP contribution in [0.1, 0.15) is 33.1 Å². The molecule has 0 spiro atoms. The minimum Gasteiger partial charge on any atom is -0.160 e. The van der Waals surface area contributed by atoms with Gasteiger partial charge in [0.25, 0.3) is 0 Å². The largest absolute Gasteiger partial charge is 0.171 e. The Balaban J connectivity index is 3.81. The van der Waals surface area contributed by atoms with Gasteiger partial charge in [-0.25, -0.2) is 0 Å². The van der Waals surface area contributed by atoms with E-state index < -0.39 is 4.92 Å². The number of rotatable bonds is 4. The molecule has 0 saturated carbocycles. The van der Waals surface area contributed by atoms with E-state index in [2.05, 4.69) is 0 Å². The van der Waals surface area contributed by atoms with Gasteiger partial charge < -0.3 is 0 Å². The zero-order valence-corrected chi connectivity index (χ0v) is 6.62. The van der Waals surface area contributed by atoms with Crippen molar-refractivity contribution in [2.45, 2.75) is 39.2 Å². The van der Waals surface area contributed by atoms with Gasteiger partial charge in [0.1, 0.15) is 0 Å². The summed E-state index contributed by atoms with van der Waals surface area (Å²) in [5.74, 6) is 5.02. The second-order valence-electron chi connectivity index (χ2n) is 2.55. The monoisotopic (exact) mass is 149 g/mol. The molecule has 0 aliphatic heterocycles. The van der Waals surface area contributed by atoms with Gasteiger partial charge >= 0.3 is 0 Å². The number of hydrogen-bond donors (Lipinski definition) is 3. The van der Waals surface area contributed by atoms with Crippen molar-refractivity contribution >= 4 is 0 Å². The molecule has 0 radical (unpaired) electrons. The summed E-state index contributed by atoms with van der Waals surface area (Å²) in [5, 5.41) is 17.8. The molecular formula is C6H17N2O2+. The Bertz CT molecular complexity index is 90.2. The van der Waals surface area contributed by atoms with Crippen LogP contribution in [0.4, 0.5) is 0 Å². The third-order valence-corrected chi connectivity index (χ3v) is 1.63. The smallest absolute Gasteiger partial charge is 0.160 e. The van der Waals surface area contributed by atoms with Gasteiger partial charge in [-0.3, -0.25) is 0 Å². The van der Waals surface area contributed by atoms with Crippen LogP contribution in [0.15, 0.2) is 0 Å². The molecule has 0 bridgehead atoms. The molecular weight excluding hydrogens is 132 g/mol. The fraction of sp³-hybridized carbons (Fsp3) is 1.00. The summed E-state index contributed by atoms with van der Waals surface area (Å²) in [6, 6.07) is -0.259. The van der Waals surface area contributed by atoms with E-state index in [9.17, 15) is 0 Å². The van der Waals surface area contributed by atoms with E-state index in [0.29, 0.717) is 6.42 Å². The molecule has 0 aromatic heterocycles. The van der Waals surface area contributed by atoms with Gasteiger partial charge in [0.05, 0.1) is 0 Å². The second kappa shape index (κ2) is 3.88. The highest BCUT2D eigenvalue weighted by Gasteiger charge is 2.28. The van der Waals surface area contributed by atoms with Crippen molar-refractivity contribution in [3.05, 3.63) is 0 Å². The Morgan fingerprint density at radius 3 is 2.00 bits per heavy atom. The highest BCUT2D eigenvalue weighted by Crippen LogP contribution is 2.09. The van der Waals surface area contributed by atoms with Crippen LogP contribution in [0.3, 0.4) is 0 Å². The predicted octanol–water partition coefficient (Wildman–Crippen LogP) is 1.03. The highest BCUT2D eigenvalue weighted by atomic mass is 16.9. The molecule has 0 amide bonds. The predicted molar refractivity (Wildman–Crippen MR) is 37.0 cm³/mol. The summed E-state index contributed by atoms with van der Waals surface area (Å²) in [6.07, 6.45) is 2.33. The maximum atomic E-state index is 8.88. The normalized spacial score (nSPS) is 15.3. The van der Waals surface area contributed by atoms with Crippen molar-refractivity contribution in [1.82, 2.24) is 0 Å². The molecule has 0 aliphatic rings. The van der Waals surface area contributed by atoms with Crippen LogP contribution >= 0.6 is 0 Å². The molecule has 62 valence electrons. The van der Waals surface area contributed by atoms with Crippen LogP contribution in [-0.2, 0) is 0 Å². The molecule has 4 N–H and O–H groups in total. The first-order valence-corrected chi connectivity index (χ1v) is 3.65. The summed E-state index contributed by atoms with van der Waals surface area (Å²) in [6.45, 7) is 3.87. The Morgan fingerprint density at radius 2 is 1.90 bits per heavy atom. The van der Waals surface area contributed by atoms with Crippen LogP contribution < -0.4 is 5.84 Å². The van der Waals surface area contributed by atoms with E-state index in [4.69, 9.17) is 16.3 Å². The lowest BCUT2D eigenvalue weighted by Crippen LogP contribution is -2.55. The SMILES string of the molecule is CCCC(CC)[N+](N)(O)O. The van der Waals surface area contributed by atoms with Gasteiger partial charge in [0, 0.05) is 17.8 Å². The number of quaternary nitrogens is 1. The van der Waals surface area contributed by atoms with Crippen molar-refractivity contribution in [3.8, 4) is 0 Å². The van der Waals surface area contributed by atoms with E-state index in [1.54, 1.807) is 0 Å². The number of hydroxylamine groups is 2. The Kier molecular flexibility index (Phi) is 3.81. The van der Waals surface area contributed by atoms with Crippen LogP contribution in [0, 0.1) is 0 Å². The summed E-state index contributed by atoms with van der Waals surface area (Å²) in [7, 11) is 0. The Hall–Kier alpha value is -0.160. The third kappa shape index (κ3) is 3.12. The Labute approximate surface area is 61.3 Å². The molecule has 0 rings (SSSR count). The first kappa shape index (κ1) is 9.84. The van der Waals surface area contributed by atoms with Crippen molar-refractivity contribution in [2.24, 2.45) is 5.84 Å². The Morgan fingerprint density at radius 1 is 1.40 bits per heavy atom. The number of nitrogens with zero attached hydrogens (tertiary/aromatic N) is 1. The molecule has 0 aromatic carbocycles. The minimum atomic E-state index is -1.38. The highest BCUT2D eigenvalue weighted by molar-refractivity contribution is 4.49. The van der Waals surface area contributed by atoms with Crippen LogP contribution in [0.25, 0.3) is 0 Å². The maximum absolute atomic E-state index is 8.88. The van der Waals surface area contributed by atoms with Crippen molar-refractivity contribution in [1.29, 1.82) is 0 Å². The van der Waals surface area contributed by atoms with Gasteiger partial charge in [-0.15, -0.1) is 5.84 Å². The van der Waals surface area contributed by atoms with Crippen LogP contribution in [-0.4, -0.2) is 21.4 Å². The average molecular weight is 149 g/mol. The minimum absolute atomic E-state index is 0.259. The summed E-state index contributed by atoms with van der Waals surface area (Å²) in [5.41, 5.74) is 0. The zero-order valence-electron chi connectivity index (χ0n) is 6.62. The fourth-order valence-corrected chi connectivity index (χ4v) is 0.996.